The third-order valence-corrected chi connectivity index (χ3v) is 2.39. The molecule has 0 aliphatic carbocycles. The zero-order chi connectivity index (χ0) is 12.7. The maximum Gasteiger partial charge on any atom is 0.128 e. The van der Waals surface area contributed by atoms with Gasteiger partial charge in [0.1, 0.15) is 11.6 Å². The number of halogens is 2. The van der Waals surface area contributed by atoms with Gasteiger partial charge in [-0.25, -0.2) is 8.78 Å². The Bertz CT molecular complexity index is 421. The van der Waals surface area contributed by atoms with Crippen molar-refractivity contribution in [3.63, 3.8) is 0 Å². The smallest absolute Gasteiger partial charge is 0.128 e. The summed E-state index contributed by atoms with van der Waals surface area (Å²) in [4.78, 5) is 0. The minimum Gasteiger partial charge on any atom is -0.329 e. The quantitative estimate of drug-likeness (QED) is 0.608. The molecule has 0 heterocycles. The highest BCUT2D eigenvalue weighted by molar-refractivity contribution is 5.22. The molecule has 0 amide bonds. The monoisotopic (exact) mass is 238 g/mol. The number of hydrogen-bond donors (Lipinski definition) is 2. The molecular formula is C13H16F2N2. The minimum absolute atomic E-state index is 0.208. The van der Waals surface area contributed by atoms with E-state index in [9.17, 15) is 8.78 Å². The Balaban J connectivity index is 2.70. The topological polar surface area (TPSA) is 38.0 Å². The third-order valence-electron chi connectivity index (χ3n) is 2.39. The number of rotatable bonds is 5. The second-order valence-electron chi connectivity index (χ2n) is 3.59. The van der Waals surface area contributed by atoms with Gasteiger partial charge in [-0.1, -0.05) is 0 Å². The van der Waals surface area contributed by atoms with Crippen molar-refractivity contribution in [3.8, 4) is 11.8 Å². The van der Waals surface area contributed by atoms with Crippen LogP contribution < -0.4 is 11.1 Å². The number of hydrogen-bond acceptors (Lipinski definition) is 2. The van der Waals surface area contributed by atoms with Crippen molar-refractivity contribution in [1.82, 2.24) is 5.32 Å². The highest BCUT2D eigenvalue weighted by atomic mass is 19.1. The van der Waals surface area contributed by atoms with E-state index in [1.165, 1.54) is 6.07 Å². The van der Waals surface area contributed by atoms with Crippen LogP contribution in [0.1, 0.15) is 24.9 Å². The Morgan fingerprint density at radius 1 is 1.41 bits per heavy atom. The summed E-state index contributed by atoms with van der Waals surface area (Å²) >= 11 is 0. The molecular weight excluding hydrogens is 222 g/mol. The van der Waals surface area contributed by atoms with Crippen LogP contribution in [0.2, 0.25) is 0 Å². The van der Waals surface area contributed by atoms with Gasteiger partial charge in [0.2, 0.25) is 0 Å². The van der Waals surface area contributed by atoms with Crippen molar-refractivity contribution in [1.29, 1.82) is 0 Å². The zero-order valence-corrected chi connectivity index (χ0v) is 9.76. The maximum absolute atomic E-state index is 13.5. The molecule has 4 heteroatoms. The lowest BCUT2D eigenvalue weighted by Crippen LogP contribution is -2.29. The lowest BCUT2D eigenvalue weighted by atomic mass is 10.1. The number of benzene rings is 1. The minimum atomic E-state index is -0.463. The summed E-state index contributed by atoms with van der Waals surface area (Å²) in [5, 5.41) is 3.05. The SMILES string of the molecule is CC#CCCNC(CN)c1cc(F)ccc1F. The van der Waals surface area contributed by atoms with E-state index in [2.05, 4.69) is 17.2 Å². The predicted molar refractivity (Wildman–Crippen MR) is 64.2 cm³/mol. The molecule has 0 saturated heterocycles. The van der Waals surface area contributed by atoms with Crippen molar-refractivity contribution >= 4 is 0 Å². The van der Waals surface area contributed by atoms with Crippen LogP contribution in [0.15, 0.2) is 18.2 Å². The fourth-order valence-corrected chi connectivity index (χ4v) is 1.54. The van der Waals surface area contributed by atoms with Crippen LogP contribution in [-0.2, 0) is 0 Å². The first-order valence-electron chi connectivity index (χ1n) is 5.47. The van der Waals surface area contributed by atoms with Gasteiger partial charge in [-0.2, -0.15) is 0 Å². The van der Waals surface area contributed by atoms with Gasteiger partial charge in [0, 0.05) is 31.1 Å². The molecule has 17 heavy (non-hydrogen) atoms. The van der Waals surface area contributed by atoms with Gasteiger partial charge < -0.3 is 11.1 Å². The fraction of sp³-hybridized carbons (Fsp3) is 0.385. The molecule has 0 fully saturated rings. The van der Waals surface area contributed by atoms with Gasteiger partial charge in [-0.05, 0) is 25.1 Å². The predicted octanol–water partition coefficient (Wildman–Crippen LogP) is 1.97. The van der Waals surface area contributed by atoms with Crippen molar-refractivity contribution in [3.05, 3.63) is 35.4 Å². The summed E-state index contributed by atoms with van der Waals surface area (Å²) in [7, 11) is 0. The normalized spacial score (nSPS) is 11.8. The van der Waals surface area contributed by atoms with E-state index in [0.29, 0.717) is 13.0 Å². The average Bonchev–Trinajstić information content (AvgIpc) is 2.33. The molecule has 1 aromatic carbocycles. The Morgan fingerprint density at radius 3 is 2.82 bits per heavy atom. The summed E-state index contributed by atoms with van der Waals surface area (Å²) in [6.07, 6.45) is 0.657. The van der Waals surface area contributed by atoms with Crippen molar-refractivity contribution in [2.75, 3.05) is 13.1 Å². The molecule has 0 aromatic heterocycles. The lowest BCUT2D eigenvalue weighted by Gasteiger charge is -2.17. The third kappa shape index (κ3) is 4.14. The molecule has 92 valence electrons. The second-order valence-corrected chi connectivity index (χ2v) is 3.59. The molecule has 1 aromatic rings. The van der Waals surface area contributed by atoms with Gasteiger partial charge in [0.25, 0.3) is 0 Å². The first-order valence-corrected chi connectivity index (χ1v) is 5.47. The van der Waals surface area contributed by atoms with Gasteiger partial charge in [0.05, 0.1) is 0 Å². The largest absolute Gasteiger partial charge is 0.329 e. The fourth-order valence-electron chi connectivity index (χ4n) is 1.54. The molecule has 0 aliphatic heterocycles. The molecule has 0 saturated carbocycles. The van der Waals surface area contributed by atoms with E-state index < -0.39 is 11.6 Å². The number of nitrogens with two attached hydrogens (primary N) is 1. The Kier molecular flexibility index (Phi) is 5.61. The molecule has 0 bridgehead atoms. The van der Waals surface area contributed by atoms with Gasteiger partial charge in [0.15, 0.2) is 0 Å². The van der Waals surface area contributed by atoms with Crippen molar-refractivity contribution in [2.45, 2.75) is 19.4 Å². The van der Waals surface area contributed by atoms with E-state index in [0.717, 1.165) is 12.1 Å². The Morgan fingerprint density at radius 2 is 2.18 bits per heavy atom. The Hall–Kier alpha value is -1.44. The number of nitrogens with one attached hydrogen (secondary N) is 1. The summed E-state index contributed by atoms with van der Waals surface area (Å²) in [6.45, 7) is 2.56. The van der Waals surface area contributed by atoms with Gasteiger partial charge in [-0.3, -0.25) is 0 Å². The molecule has 0 spiro atoms. The standard InChI is InChI=1S/C13H16F2N2/c1-2-3-4-7-17-13(9-16)11-8-10(14)5-6-12(11)15/h5-6,8,13,17H,4,7,9,16H2,1H3. The average molecular weight is 238 g/mol. The molecule has 1 atom stereocenters. The molecule has 1 rings (SSSR count). The van der Waals surface area contributed by atoms with Crippen LogP contribution in [0.3, 0.4) is 0 Å². The van der Waals surface area contributed by atoms with Gasteiger partial charge >= 0.3 is 0 Å². The van der Waals surface area contributed by atoms with E-state index in [1.54, 1.807) is 6.92 Å². The molecule has 1 unspecified atom stereocenters. The summed E-state index contributed by atoms with van der Waals surface area (Å²) in [5.41, 5.74) is 5.81. The first kappa shape index (κ1) is 13.6. The Labute approximate surface area is 100 Å². The van der Waals surface area contributed by atoms with E-state index >= 15 is 0 Å². The molecule has 3 N–H and O–H groups in total. The lowest BCUT2D eigenvalue weighted by molar-refractivity contribution is 0.504. The second kappa shape index (κ2) is 7.00. The maximum atomic E-state index is 13.5. The van der Waals surface area contributed by atoms with Crippen molar-refractivity contribution in [2.24, 2.45) is 5.73 Å². The van der Waals surface area contributed by atoms with E-state index in [-0.39, 0.29) is 18.2 Å². The molecule has 0 radical (unpaired) electrons. The van der Waals surface area contributed by atoms with Crippen LogP contribution >= 0.6 is 0 Å². The highest BCUT2D eigenvalue weighted by Crippen LogP contribution is 2.17. The zero-order valence-electron chi connectivity index (χ0n) is 9.76. The highest BCUT2D eigenvalue weighted by Gasteiger charge is 2.14. The van der Waals surface area contributed by atoms with Crippen LogP contribution in [0.25, 0.3) is 0 Å². The van der Waals surface area contributed by atoms with Gasteiger partial charge in [-0.15, -0.1) is 11.8 Å². The summed E-state index contributed by atoms with van der Waals surface area (Å²) in [5.74, 6) is 4.74. The van der Waals surface area contributed by atoms with E-state index in [1.807, 2.05) is 0 Å². The molecule has 2 nitrogen and oxygen atoms in total. The summed E-state index contributed by atoms with van der Waals surface area (Å²) < 4.78 is 26.5. The van der Waals surface area contributed by atoms with E-state index in [4.69, 9.17) is 5.73 Å². The van der Waals surface area contributed by atoms with Crippen LogP contribution in [0.5, 0.6) is 0 Å². The van der Waals surface area contributed by atoms with Crippen LogP contribution in [0, 0.1) is 23.5 Å². The first-order chi connectivity index (χ1) is 8.19. The molecule has 0 aliphatic rings. The van der Waals surface area contributed by atoms with Crippen LogP contribution in [-0.4, -0.2) is 13.1 Å². The van der Waals surface area contributed by atoms with Crippen LogP contribution in [0.4, 0.5) is 8.78 Å². The summed E-state index contributed by atoms with van der Waals surface area (Å²) in [6, 6.07) is 2.99. The van der Waals surface area contributed by atoms with Crippen molar-refractivity contribution < 1.29 is 8.78 Å².